The number of hydrogen-bond acceptors (Lipinski definition) is 2. The lowest BCUT2D eigenvalue weighted by Crippen LogP contribution is -2.29. The molecular weight excluding hydrogens is 214 g/mol. The van der Waals surface area contributed by atoms with Gasteiger partial charge in [-0.15, -0.1) is 11.8 Å². The van der Waals surface area contributed by atoms with Crippen LogP contribution in [-0.2, 0) is 0 Å². The van der Waals surface area contributed by atoms with E-state index >= 15 is 0 Å². The quantitative estimate of drug-likeness (QED) is 0.778. The van der Waals surface area contributed by atoms with E-state index in [2.05, 4.69) is 43.6 Å². The highest BCUT2D eigenvalue weighted by molar-refractivity contribution is 7.99. The number of rotatable bonds is 5. The summed E-state index contributed by atoms with van der Waals surface area (Å²) < 4.78 is 0. The predicted molar refractivity (Wildman–Crippen MR) is 72.0 cm³/mol. The number of thioether (sulfide) groups is 1. The molecule has 1 N–H and O–H groups in total. The lowest BCUT2D eigenvalue weighted by atomic mass is 9.77. The van der Waals surface area contributed by atoms with E-state index < -0.39 is 0 Å². The zero-order valence-electron chi connectivity index (χ0n) is 10.2. The van der Waals surface area contributed by atoms with E-state index in [0.717, 1.165) is 11.7 Å². The first-order chi connectivity index (χ1) is 7.85. The van der Waals surface area contributed by atoms with Crippen LogP contribution in [0, 0.1) is 5.92 Å². The Kier molecular flexibility index (Phi) is 4.30. The Labute approximate surface area is 103 Å². The van der Waals surface area contributed by atoms with E-state index in [4.69, 9.17) is 0 Å². The van der Waals surface area contributed by atoms with Crippen molar-refractivity contribution in [2.24, 2.45) is 5.92 Å². The molecule has 1 aliphatic carbocycles. The third-order valence-electron chi connectivity index (χ3n) is 3.48. The van der Waals surface area contributed by atoms with Crippen molar-refractivity contribution in [2.45, 2.75) is 37.1 Å². The average Bonchev–Trinajstić information content (AvgIpc) is 2.25. The van der Waals surface area contributed by atoms with Crippen molar-refractivity contribution in [2.75, 3.05) is 12.8 Å². The summed E-state index contributed by atoms with van der Waals surface area (Å²) >= 11 is 1.91. The standard InChI is InChI=1S/C14H21NS/c1-3-16-13-9-7-12(8-10-13)14(15-2)11-5-4-6-11/h7-11,14-15H,3-6H2,1-2H3. The van der Waals surface area contributed by atoms with Crippen LogP contribution in [0.5, 0.6) is 0 Å². The summed E-state index contributed by atoms with van der Waals surface area (Å²) in [6, 6.07) is 9.66. The number of benzene rings is 1. The molecule has 0 spiro atoms. The molecule has 1 nitrogen and oxygen atoms in total. The maximum atomic E-state index is 3.46. The molecule has 0 aromatic heterocycles. The number of nitrogens with one attached hydrogen (secondary N) is 1. The lowest BCUT2D eigenvalue weighted by molar-refractivity contribution is 0.239. The molecule has 0 aliphatic heterocycles. The summed E-state index contributed by atoms with van der Waals surface area (Å²) in [6.07, 6.45) is 4.18. The molecule has 0 saturated heterocycles. The van der Waals surface area contributed by atoms with Crippen LogP contribution in [0.1, 0.15) is 37.8 Å². The molecule has 0 bridgehead atoms. The van der Waals surface area contributed by atoms with E-state index in [1.165, 1.54) is 29.7 Å². The second-order valence-corrected chi connectivity index (χ2v) is 5.80. The summed E-state index contributed by atoms with van der Waals surface area (Å²) in [5.74, 6) is 2.01. The minimum Gasteiger partial charge on any atom is -0.313 e. The van der Waals surface area contributed by atoms with Crippen LogP contribution in [0.4, 0.5) is 0 Å². The van der Waals surface area contributed by atoms with Crippen LogP contribution in [-0.4, -0.2) is 12.8 Å². The molecule has 2 rings (SSSR count). The van der Waals surface area contributed by atoms with Gasteiger partial charge in [-0.25, -0.2) is 0 Å². The largest absolute Gasteiger partial charge is 0.313 e. The van der Waals surface area contributed by atoms with Crippen LogP contribution in [0.3, 0.4) is 0 Å². The van der Waals surface area contributed by atoms with E-state index in [-0.39, 0.29) is 0 Å². The van der Waals surface area contributed by atoms with Gasteiger partial charge in [0.2, 0.25) is 0 Å². The normalized spacial score (nSPS) is 18.1. The van der Waals surface area contributed by atoms with Gasteiger partial charge < -0.3 is 5.32 Å². The van der Waals surface area contributed by atoms with E-state index in [9.17, 15) is 0 Å². The Hall–Kier alpha value is -0.470. The van der Waals surface area contributed by atoms with Gasteiger partial charge in [-0.2, -0.15) is 0 Å². The van der Waals surface area contributed by atoms with Crippen molar-refractivity contribution in [3.05, 3.63) is 29.8 Å². The minimum absolute atomic E-state index is 0.564. The fraction of sp³-hybridized carbons (Fsp3) is 0.571. The van der Waals surface area contributed by atoms with Crippen molar-refractivity contribution in [1.29, 1.82) is 0 Å². The Morgan fingerprint density at radius 2 is 2.00 bits per heavy atom. The second kappa shape index (κ2) is 5.74. The Bertz CT molecular complexity index is 316. The van der Waals surface area contributed by atoms with Gasteiger partial charge in [0.05, 0.1) is 0 Å². The molecule has 1 fully saturated rings. The van der Waals surface area contributed by atoms with Crippen molar-refractivity contribution >= 4 is 11.8 Å². The fourth-order valence-electron chi connectivity index (χ4n) is 2.39. The molecule has 1 aliphatic rings. The zero-order chi connectivity index (χ0) is 11.4. The molecule has 1 unspecified atom stereocenters. The van der Waals surface area contributed by atoms with Gasteiger partial charge in [0.25, 0.3) is 0 Å². The topological polar surface area (TPSA) is 12.0 Å². The summed E-state index contributed by atoms with van der Waals surface area (Å²) in [6.45, 7) is 2.20. The molecular formula is C14H21NS. The predicted octanol–water partition coefficient (Wildman–Crippen LogP) is 3.86. The maximum Gasteiger partial charge on any atom is 0.0346 e. The fourth-order valence-corrected chi connectivity index (χ4v) is 3.05. The third kappa shape index (κ3) is 2.61. The first-order valence-corrected chi connectivity index (χ1v) is 7.23. The second-order valence-electron chi connectivity index (χ2n) is 4.46. The molecule has 1 aromatic carbocycles. The van der Waals surface area contributed by atoms with Crippen LogP contribution in [0.15, 0.2) is 29.2 Å². The highest BCUT2D eigenvalue weighted by Gasteiger charge is 2.26. The SMILES string of the molecule is CCSc1ccc(C(NC)C2CCC2)cc1. The maximum absolute atomic E-state index is 3.46. The Balaban J connectivity index is 2.06. The average molecular weight is 235 g/mol. The van der Waals surface area contributed by atoms with E-state index in [1.807, 2.05) is 11.8 Å². The van der Waals surface area contributed by atoms with Gasteiger partial charge in [-0.05, 0) is 49.3 Å². The first kappa shape index (κ1) is 12.0. The molecule has 0 radical (unpaired) electrons. The monoisotopic (exact) mass is 235 g/mol. The summed E-state index contributed by atoms with van der Waals surface area (Å²) in [4.78, 5) is 1.38. The van der Waals surface area contributed by atoms with Gasteiger partial charge in [-0.1, -0.05) is 25.5 Å². The summed E-state index contributed by atoms with van der Waals surface area (Å²) in [5.41, 5.74) is 1.45. The molecule has 0 heterocycles. The Morgan fingerprint density at radius 3 is 2.44 bits per heavy atom. The van der Waals surface area contributed by atoms with Gasteiger partial charge in [0, 0.05) is 10.9 Å². The third-order valence-corrected chi connectivity index (χ3v) is 4.38. The highest BCUT2D eigenvalue weighted by Crippen LogP contribution is 2.37. The summed E-state index contributed by atoms with van der Waals surface area (Å²) in [7, 11) is 2.08. The van der Waals surface area contributed by atoms with Gasteiger partial charge >= 0.3 is 0 Å². The van der Waals surface area contributed by atoms with Crippen LogP contribution in [0.25, 0.3) is 0 Å². The zero-order valence-corrected chi connectivity index (χ0v) is 11.0. The number of hydrogen-bond donors (Lipinski definition) is 1. The van der Waals surface area contributed by atoms with Gasteiger partial charge in [0.1, 0.15) is 0 Å². The first-order valence-electron chi connectivity index (χ1n) is 6.25. The van der Waals surface area contributed by atoms with Crippen LogP contribution in [0.2, 0.25) is 0 Å². The van der Waals surface area contributed by atoms with E-state index in [1.54, 1.807) is 0 Å². The van der Waals surface area contributed by atoms with Crippen LogP contribution < -0.4 is 5.32 Å². The molecule has 1 saturated carbocycles. The van der Waals surface area contributed by atoms with Crippen molar-refractivity contribution < 1.29 is 0 Å². The molecule has 1 aromatic rings. The molecule has 88 valence electrons. The van der Waals surface area contributed by atoms with Crippen molar-refractivity contribution in [1.82, 2.24) is 5.32 Å². The Morgan fingerprint density at radius 1 is 1.31 bits per heavy atom. The smallest absolute Gasteiger partial charge is 0.0346 e. The molecule has 2 heteroatoms. The lowest BCUT2D eigenvalue weighted by Gasteiger charge is -2.34. The summed E-state index contributed by atoms with van der Waals surface area (Å²) in [5, 5.41) is 3.46. The molecule has 0 amide bonds. The van der Waals surface area contributed by atoms with Crippen LogP contribution >= 0.6 is 11.8 Å². The minimum atomic E-state index is 0.564. The van der Waals surface area contributed by atoms with Crippen molar-refractivity contribution in [3.8, 4) is 0 Å². The van der Waals surface area contributed by atoms with E-state index in [0.29, 0.717) is 6.04 Å². The molecule has 1 atom stereocenters. The molecule has 16 heavy (non-hydrogen) atoms. The van der Waals surface area contributed by atoms with Crippen molar-refractivity contribution in [3.63, 3.8) is 0 Å². The van der Waals surface area contributed by atoms with Gasteiger partial charge in [0.15, 0.2) is 0 Å². The highest BCUT2D eigenvalue weighted by atomic mass is 32.2. The van der Waals surface area contributed by atoms with Gasteiger partial charge in [-0.3, -0.25) is 0 Å².